The Bertz CT molecular complexity index is 91.3. The van der Waals surface area contributed by atoms with E-state index >= 15 is 0 Å². The van der Waals surface area contributed by atoms with Gasteiger partial charge in [0, 0.05) is 0 Å². The van der Waals surface area contributed by atoms with Crippen LogP contribution in [0.3, 0.4) is 0 Å². The summed E-state index contributed by atoms with van der Waals surface area (Å²) in [5, 5.41) is 11.2. The van der Waals surface area contributed by atoms with Gasteiger partial charge in [0.25, 0.3) is 0 Å². The molecule has 1 rings (SSSR count). The van der Waals surface area contributed by atoms with Crippen LogP contribution < -0.4 is 5.06 Å². The molecule has 0 aliphatic heterocycles. The number of hydrogen-bond donors (Lipinski definition) is 1. The predicted octanol–water partition coefficient (Wildman–Crippen LogP) is 0.579. The van der Waals surface area contributed by atoms with E-state index in [2.05, 4.69) is 0 Å². The maximum atomic E-state index is 10.8. The van der Waals surface area contributed by atoms with E-state index < -0.39 is 0 Å². The maximum Gasteiger partial charge on any atom is 0.0768 e. The Morgan fingerprint density at radius 1 is 1.50 bits per heavy atom. The lowest BCUT2D eigenvalue weighted by atomic mass is 10.2. The molecule has 0 spiro atoms. The Labute approximate surface area is 62.8 Å². The molecular weight excluding hydrogens is 126 g/mol. The van der Waals surface area contributed by atoms with Crippen LogP contribution in [-0.4, -0.2) is 13.1 Å². The Morgan fingerprint density at radius 2 is 2.20 bits per heavy atom. The second-order valence-corrected chi connectivity index (χ2v) is 3.23. The summed E-state index contributed by atoms with van der Waals surface area (Å²) in [6.45, 7) is 3.50. The summed E-state index contributed by atoms with van der Waals surface area (Å²) in [5.41, 5.74) is 0. The first-order valence-corrected chi connectivity index (χ1v) is 4.34. The number of quaternary nitrogens is 1. The normalized spacial score (nSPS) is 21.0. The van der Waals surface area contributed by atoms with Crippen LogP contribution in [0, 0.1) is 11.1 Å². The Morgan fingerprint density at radius 3 is 2.70 bits per heavy atom. The molecule has 0 aromatic rings. The van der Waals surface area contributed by atoms with Crippen molar-refractivity contribution in [1.29, 1.82) is 0 Å². The summed E-state index contributed by atoms with van der Waals surface area (Å²) >= 11 is 0. The minimum atomic E-state index is 0.431. The highest BCUT2D eigenvalue weighted by Gasteiger charge is 2.20. The lowest BCUT2D eigenvalue weighted by molar-refractivity contribution is -0.846. The molecule has 10 heavy (non-hydrogen) atoms. The van der Waals surface area contributed by atoms with Gasteiger partial charge in [-0.25, -0.2) is 0 Å². The van der Waals surface area contributed by atoms with Crippen molar-refractivity contribution in [2.75, 3.05) is 13.1 Å². The van der Waals surface area contributed by atoms with Gasteiger partial charge in [-0.15, -0.1) is 0 Å². The van der Waals surface area contributed by atoms with E-state index in [0.717, 1.165) is 25.4 Å². The van der Waals surface area contributed by atoms with Gasteiger partial charge in [0.05, 0.1) is 13.1 Å². The summed E-state index contributed by atoms with van der Waals surface area (Å²) in [7, 11) is 0. The largest absolute Gasteiger partial charge is 0.634 e. The van der Waals surface area contributed by atoms with E-state index in [9.17, 15) is 5.21 Å². The molecule has 2 heteroatoms. The second kappa shape index (κ2) is 3.94. The first-order chi connectivity index (χ1) is 4.83. The molecule has 1 saturated carbocycles. The van der Waals surface area contributed by atoms with Gasteiger partial charge < -0.3 is 10.3 Å². The Kier molecular flexibility index (Phi) is 3.16. The van der Waals surface area contributed by atoms with Crippen LogP contribution in [0.4, 0.5) is 0 Å². The number of hydrogen-bond acceptors (Lipinski definition) is 1. The molecule has 0 heterocycles. The number of nitrogens with one attached hydrogen (secondary N) is 1. The first kappa shape index (κ1) is 8.02. The van der Waals surface area contributed by atoms with Crippen molar-refractivity contribution < 1.29 is 5.06 Å². The quantitative estimate of drug-likeness (QED) is 0.560. The summed E-state index contributed by atoms with van der Waals surface area (Å²) in [6.07, 6.45) is 5.27. The van der Waals surface area contributed by atoms with Crippen molar-refractivity contribution in [3.05, 3.63) is 5.21 Å². The van der Waals surface area contributed by atoms with Gasteiger partial charge >= 0.3 is 0 Å². The predicted molar refractivity (Wildman–Crippen MR) is 41.7 cm³/mol. The lowest BCUT2D eigenvalue weighted by Gasteiger charge is -2.19. The molecule has 0 bridgehead atoms. The highest BCUT2D eigenvalue weighted by molar-refractivity contribution is 4.72. The van der Waals surface area contributed by atoms with Gasteiger partial charge in [-0.1, -0.05) is 12.8 Å². The lowest BCUT2D eigenvalue weighted by Crippen LogP contribution is -3.06. The van der Waals surface area contributed by atoms with E-state index in [0.29, 0.717) is 5.06 Å². The molecule has 60 valence electrons. The molecule has 1 fully saturated rings. The van der Waals surface area contributed by atoms with Gasteiger partial charge in [-0.3, -0.25) is 0 Å². The average Bonchev–Trinajstić information content (AvgIpc) is 2.71. The van der Waals surface area contributed by atoms with Crippen LogP contribution in [0.5, 0.6) is 0 Å². The van der Waals surface area contributed by atoms with Crippen LogP contribution in [0.15, 0.2) is 0 Å². The zero-order chi connectivity index (χ0) is 7.40. The van der Waals surface area contributed by atoms with Crippen molar-refractivity contribution in [2.24, 2.45) is 5.92 Å². The zero-order valence-corrected chi connectivity index (χ0v) is 6.73. The van der Waals surface area contributed by atoms with E-state index in [4.69, 9.17) is 0 Å². The van der Waals surface area contributed by atoms with Crippen molar-refractivity contribution >= 4 is 0 Å². The van der Waals surface area contributed by atoms with Crippen molar-refractivity contribution in [3.8, 4) is 0 Å². The third kappa shape index (κ3) is 3.18. The monoisotopic (exact) mass is 143 g/mol. The maximum absolute atomic E-state index is 10.8. The standard InChI is InChI=1S/C8H17NO/c1-2-9(10)7-3-4-8-5-6-8/h8-9H,2-7H2,1H3. The topological polar surface area (TPSA) is 27.5 Å². The molecule has 1 atom stereocenters. The number of rotatable bonds is 5. The van der Waals surface area contributed by atoms with Crippen molar-refractivity contribution in [1.82, 2.24) is 0 Å². The molecule has 0 saturated heterocycles. The minimum absolute atomic E-state index is 0.431. The van der Waals surface area contributed by atoms with Gasteiger partial charge in [-0.2, -0.15) is 0 Å². The van der Waals surface area contributed by atoms with Crippen molar-refractivity contribution in [3.63, 3.8) is 0 Å². The molecule has 1 aliphatic rings. The van der Waals surface area contributed by atoms with Crippen LogP contribution >= 0.6 is 0 Å². The Hall–Kier alpha value is -0.0800. The second-order valence-electron chi connectivity index (χ2n) is 3.23. The van der Waals surface area contributed by atoms with Gasteiger partial charge in [0.15, 0.2) is 0 Å². The van der Waals surface area contributed by atoms with Crippen LogP contribution in [0.2, 0.25) is 0 Å². The van der Waals surface area contributed by atoms with Gasteiger partial charge in [-0.05, 0) is 25.7 Å². The van der Waals surface area contributed by atoms with Crippen LogP contribution in [-0.2, 0) is 0 Å². The van der Waals surface area contributed by atoms with Crippen LogP contribution in [0.1, 0.15) is 32.6 Å². The minimum Gasteiger partial charge on any atom is -0.634 e. The molecule has 1 N–H and O–H groups in total. The molecule has 0 aromatic carbocycles. The average molecular weight is 143 g/mol. The van der Waals surface area contributed by atoms with Gasteiger partial charge in [0.2, 0.25) is 0 Å². The highest BCUT2D eigenvalue weighted by atomic mass is 16.5. The fourth-order valence-corrected chi connectivity index (χ4v) is 1.17. The van der Waals surface area contributed by atoms with E-state index in [1.807, 2.05) is 6.92 Å². The Balaban J connectivity index is 1.83. The summed E-state index contributed by atoms with van der Waals surface area (Å²) in [5.74, 6) is 0.990. The van der Waals surface area contributed by atoms with E-state index in [-0.39, 0.29) is 0 Å². The van der Waals surface area contributed by atoms with E-state index in [1.165, 1.54) is 19.3 Å². The summed E-state index contributed by atoms with van der Waals surface area (Å²) in [4.78, 5) is 0. The third-order valence-corrected chi connectivity index (χ3v) is 2.16. The van der Waals surface area contributed by atoms with Crippen molar-refractivity contribution in [2.45, 2.75) is 32.6 Å². The molecule has 1 aliphatic carbocycles. The molecular formula is C8H17NO. The highest BCUT2D eigenvalue weighted by Crippen LogP contribution is 2.32. The smallest absolute Gasteiger partial charge is 0.0768 e. The number of hydroxylamine groups is 2. The molecule has 2 nitrogen and oxygen atoms in total. The SMILES string of the molecule is CC[NH+]([O-])CCCC1CC1. The molecule has 0 amide bonds. The summed E-state index contributed by atoms with van der Waals surface area (Å²) in [6, 6.07) is 0. The molecule has 0 aromatic heterocycles. The molecule has 0 radical (unpaired) electrons. The fraction of sp³-hybridized carbons (Fsp3) is 1.00. The summed E-state index contributed by atoms with van der Waals surface area (Å²) < 4.78 is 0. The zero-order valence-electron chi connectivity index (χ0n) is 6.73. The van der Waals surface area contributed by atoms with Crippen LogP contribution in [0.25, 0.3) is 0 Å². The van der Waals surface area contributed by atoms with E-state index in [1.54, 1.807) is 0 Å². The molecule has 1 unspecified atom stereocenters. The first-order valence-electron chi connectivity index (χ1n) is 4.34. The third-order valence-electron chi connectivity index (χ3n) is 2.16. The van der Waals surface area contributed by atoms with Gasteiger partial charge in [0.1, 0.15) is 0 Å². The fourth-order valence-electron chi connectivity index (χ4n) is 1.17.